The zero-order valence-corrected chi connectivity index (χ0v) is 23.5. The molecule has 0 aromatic carbocycles. The van der Waals surface area contributed by atoms with Gasteiger partial charge in [0.05, 0.1) is 0 Å². The van der Waals surface area contributed by atoms with Crippen LogP contribution in [0.2, 0.25) is 0 Å². The summed E-state index contributed by atoms with van der Waals surface area (Å²) < 4.78 is 0. The number of amides is 1. The summed E-state index contributed by atoms with van der Waals surface area (Å²) in [7, 11) is 0. The Hall–Kier alpha value is -1.93. The number of nitrogens with one attached hydrogen (secondary N) is 3. The summed E-state index contributed by atoms with van der Waals surface area (Å²) in [4.78, 5) is 27.6. The first-order valence-corrected chi connectivity index (χ1v) is 15.9. The summed E-state index contributed by atoms with van der Waals surface area (Å²) in [5.74, 6) is 2.30. The van der Waals surface area contributed by atoms with E-state index in [2.05, 4.69) is 36.8 Å². The lowest BCUT2D eigenvalue weighted by Gasteiger charge is -2.47. The Morgan fingerprint density at radius 2 is 1.68 bits per heavy atom. The van der Waals surface area contributed by atoms with Crippen LogP contribution in [-0.4, -0.2) is 78.2 Å². The zero-order valence-electron chi connectivity index (χ0n) is 23.5. The lowest BCUT2D eigenvalue weighted by atomic mass is 9.86. The first kappa shape index (κ1) is 27.6. The fraction of sp³-hybridized carbons (Fsp3) is 0.833. The molecule has 38 heavy (non-hydrogen) atoms. The quantitative estimate of drug-likeness (QED) is 0.414. The Morgan fingerprint density at radius 3 is 2.47 bits per heavy atom. The maximum absolute atomic E-state index is 12.7. The molecule has 3 N–H and O–H groups in total. The minimum atomic E-state index is 0.188. The number of hydrogen-bond donors (Lipinski definition) is 3. The van der Waals surface area contributed by atoms with Crippen LogP contribution in [0.3, 0.4) is 0 Å². The summed E-state index contributed by atoms with van der Waals surface area (Å²) in [6.07, 6.45) is 20.3. The Balaban J connectivity index is 1.22. The van der Waals surface area contributed by atoms with Gasteiger partial charge in [0.2, 0.25) is 11.9 Å². The van der Waals surface area contributed by atoms with Gasteiger partial charge in [0.15, 0.2) is 0 Å². The van der Waals surface area contributed by atoms with E-state index in [9.17, 15) is 4.79 Å². The van der Waals surface area contributed by atoms with Gasteiger partial charge in [-0.05, 0) is 89.9 Å². The lowest BCUT2D eigenvalue weighted by Crippen LogP contribution is -2.55. The summed E-state index contributed by atoms with van der Waals surface area (Å²) in [6, 6.07) is 3.60. The van der Waals surface area contributed by atoms with Crippen LogP contribution in [-0.2, 0) is 4.79 Å². The number of aromatic nitrogens is 2. The molecule has 4 fully saturated rings. The molecular formula is C30H51N7O. The highest BCUT2D eigenvalue weighted by Crippen LogP contribution is 2.32. The molecule has 1 aromatic heterocycles. The van der Waals surface area contributed by atoms with Gasteiger partial charge in [0.1, 0.15) is 5.82 Å². The fourth-order valence-corrected chi connectivity index (χ4v) is 7.30. The molecule has 1 aromatic rings. The summed E-state index contributed by atoms with van der Waals surface area (Å²) >= 11 is 0. The molecular weight excluding hydrogens is 474 g/mol. The van der Waals surface area contributed by atoms with E-state index in [4.69, 9.17) is 4.98 Å². The van der Waals surface area contributed by atoms with E-state index in [1.165, 1.54) is 70.8 Å². The second kappa shape index (κ2) is 14.5. The van der Waals surface area contributed by atoms with Crippen LogP contribution in [0.4, 0.5) is 11.8 Å². The third kappa shape index (κ3) is 7.59. The molecule has 0 spiro atoms. The van der Waals surface area contributed by atoms with E-state index in [0.717, 1.165) is 76.6 Å². The van der Waals surface area contributed by atoms with Crippen LogP contribution in [0, 0.1) is 5.92 Å². The molecule has 4 heterocycles. The highest BCUT2D eigenvalue weighted by molar-refractivity contribution is 5.78. The number of hydrogen-bond acceptors (Lipinski definition) is 7. The van der Waals surface area contributed by atoms with Crippen LogP contribution >= 0.6 is 0 Å². The molecule has 0 bridgehead atoms. The van der Waals surface area contributed by atoms with E-state index in [1.807, 2.05) is 6.20 Å². The van der Waals surface area contributed by atoms with Crippen molar-refractivity contribution in [3.05, 3.63) is 12.3 Å². The molecule has 1 saturated carbocycles. The second-order valence-electron chi connectivity index (χ2n) is 12.1. The van der Waals surface area contributed by atoms with Gasteiger partial charge in [-0.25, -0.2) is 4.98 Å². The van der Waals surface area contributed by atoms with Gasteiger partial charge in [-0.1, -0.05) is 32.1 Å². The summed E-state index contributed by atoms with van der Waals surface area (Å²) in [5.41, 5.74) is 0. The predicted molar refractivity (Wildman–Crippen MR) is 155 cm³/mol. The number of carbonyl (C=O) groups excluding carboxylic acids is 1. The van der Waals surface area contributed by atoms with Crippen LogP contribution in [0.1, 0.15) is 96.3 Å². The van der Waals surface area contributed by atoms with Gasteiger partial charge in [-0.15, -0.1) is 0 Å². The standard InChI is InChI=1S/C30H51N7O/c38-29(24-14-18-31-19-15-24)32-17-8-13-27-26(12-9-23-37(27)25-10-4-3-5-11-25)34-30-33-20-16-28(35-30)36-21-6-1-2-7-22-36/h16,20,24-27,31H,1-15,17-19,21-23H2,(H,32,38)(H,33,34,35)/t26?,27-/m1/s1. The van der Waals surface area contributed by atoms with Crippen molar-refractivity contribution >= 4 is 17.7 Å². The van der Waals surface area contributed by atoms with Crippen molar-refractivity contribution in [2.24, 2.45) is 5.92 Å². The molecule has 8 nitrogen and oxygen atoms in total. The van der Waals surface area contributed by atoms with Crippen LogP contribution < -0.4 is 20.9 Å². The topological polar surface area (TPSA) is 85.4 Å². The number of carbonyl (C=O) groups is 1. The largest absolute Gasteiger partial charge is 0.356 e. The van der Waals surface area contributed by atoms with E-state index in [-0.39, 0.29) is 11.8 Å². The van der Waals surface area contributed by atoms with E-state index in [0.29, 0.717) is 18.1 Å². The SMILES string of the molecule is O=C(NCCC[C@@H]1C(Nc2nccc(N3CCCCCC3)n2)CCCN1C1CCCCC1)C1CCNCC1. The summed E-state index contributed by atoms with van der Waals surface area (Å²) in [6.45, 7) is 6.10. The highest BCUT2D eigenvalue weighted by atomic mass is 16.1. The number of anilines is 2. The number of piperidine rings is 2. The Morgan fingerprint density at radius 1 is 0.921 bits per heavy atom. The van der Waals surface area contributed by atoms with Gasteiger partial charge in [0, 0.05) is 49.9 Å². The average molecular weight is 526 g/mol. The van der Waals surface area contributed by atoms with Crippen molar-refractivity contribution in [1.29, 1.82) is 0 Å². The van der Waals surface area contributed by atoms with Crippen LogP contribution in [0.15, 0.2) is 12.3 Å². The molecule has 4 aliphatic rings. The highest BCUT2D eigenvalue weighted by Gasteiger charge is 2.36. The maximum Gasteiger partial charge on any atom is 0.224 e. The molecule has 3 saturated heterocycles. The molecule has 8 heteroatoms. The number of likely N-dealkylation sites (tertiary alicyclic amines) is 1. The third-order valence-corrected chi connectivity index (χ3v) is 9.44. The molecule has 1 unspecified atom stereocenters. The van der Waals surface area contributed by atoms with Crippen LogP contribution in [0.5, 0.6) is 0 Å². The first-order chi connectivity index (χ1) is 18.8. The van der Waals surface area contributed by atoms with Crippen molar-refractivity contribution in [2.45, 2.75) is 114 Å². The van der Waals surface area contributed by atoms with E-state index < -0.39 is 0 Å². The van der Waals surface area contributed by atoms with Gasteiger partial charge in [-0.2, -0.15) is 4.98 Å². The number of rotatable bonds is 9. The molecule has 212 valence electrons. The molecule has 5 rings (SSSR count). The lowest BCUT2D eigenvalue weighted by molar-refractivity contribution is -0.125. The maximum atomic E-state index is 12.7. The molecule has 1 aliphatic carbocycles. The Labute approximate surface area is 230 Å². The van der Waals surface area contributed by atoms with Gasteiger partial charge in [0.25, 0.3) is 0 Å². The zero-order chi connectivity index (χ0) is 26.0. The number of nitrogens with zero attached hydrogens (tertiary/aromatic N) is 4. The van der Waals surface area contributed by atoms with Crippen molar-refractivity contribution in [2.75, 3.05) is 49.5 Å². The summed E-state index contributed by atoms with van der Waals surface area (Å²) in [5, 5.41) is 10.4. The van der Waals surface area contributed by atoms with Crippen LogP contribution in [0.25, 0.3) is 0 Å². The minimum absolute atomic E-state index is 0.188. The molecule has 3 aliphatic heterocycles. The molecule has 1 amide bonds. The van der Waals surface area contributed by atoms with Crippen molar-refractivity contribution in [3.63, 3.8) is 0 Å². The van der Waals surface area contributed by atoms with Crippen molar-refractivity contribution in [1.82, 2.24) is 25.5 Å². The van der Waals surface area contributed by atoms with Gasteiger partial charge >= 0.3 is 0 Å². The predicted octanol–water partition coefficient (Wildman–Crippen LogP) is 4.33. The Bertz CT molecular complexity index is 847. The van der Waals surface area contributed by atoms with Gasteiger partial charge < -0.3 is 20.9 Å². The van der Waals surface area contributed by atoms with Gasteiger partial charge in [-0.3, -0.25) is 9.69 Å². The van der Waals surface area contributed by atoms with E-state index in [1.54, 1.807) is 0 Å². The first-order valence-electron chi connectivity index (χ1n) is 15.9. The van der Waals surface area contributed by atoms with E-state index >= 15 is 0 Å². The second-order valence-corrected chi connectivity index (χ2v) is 12.1. The normalized spacial score (nSPS) is 26.6. The Kier molecular flexibility index (Phi) is 10.5. The third-order valence-electron chi connectivity index (χ3n) is 9.44. The fourth-order valence-electron chi connectivity index (χ4n) is 7.30. The molecule has 0 radical (unpaired) electrons. The average Bonchev–Trinajstić information content (AvgIpc) is 3.27. The van der Waals surface area contributed by atoms with Crippen molar-refractivity contribution in [3.8, 4) is 0 Å². The van der Waals surface area contributed by atoms with Crippen molar-refractivity contribution < 1.29 is 4.79 Å². The monoisotopic (exact) mass is 525 g/mol. The smallest absolute Gasteiger partial charge is 0.224 e. The minimum Gasteiger partial charge on any atom is -0.356 e. The molecule has 2 atom stereocenters.